The van der Waals surface area contributed by atoms with Crippen LogP contribution in [0.1, 0.15) is 0 Å². The van der Waals surface area contributed by atoms with Crippen LogP contribution in [0.4, 0.5) is 0 Å². The third kappa shape index (κ3) is 36.8. The molecule has 0 aromatic rings. The summed E-state index contributed by atoms with van der Waals surface area (Å²) in [6.07, 6.45) is 10.0. The van der Waals surface area contributed by atoms with Crippen molar-refractivity contribution in [2.45, 2.75) is 19.6 Å². The van der Waals surface area contributed by atoms with E-state index in [0.717, 1.165) is 0 Å². The van der Waals surface area contributed by atoms with Crippen LogP contribution in [0.5, 0.6) is 0 Å². The Labute approximate surface area is 111 Å². The predicted octanol–water partition coefficient (Wildman–Crippen LogP) is 2.57. The van der Waals surface area contributed by atoms with Gasteiger partial charge in [-0.25, -0.2) is 7.11 Å². The molecular formula is C11H16FeO3Si+. The number of hydrogen-bond acceptors (Lipinski definition) is 1. The van der Waals surface area contributed by atoms with E-state index in [1.54, 1.807) is 0 Å². The van der Waals surface area contributed by atoms with E-state index in [1.165, 1.54) is 0 Å². The van der Waals surface area contributed by atoms with Crippen LogP contribution >= 0.6 is 0 Å². The van der Waals surface area contributed by atoms with Gasteiger partial charge in [0.25, 0.3) is 0 Å². The van der Waals surface area contributed by atoms with Crippen LogP contribution in [0.3, 0.4) is 0 Å². The van der Waals surface area contributed by atoms with Crippen LogP contribution < -0.4 is 0 Å². The summed E-state index contributed by atoms with van der Waals surface area (Å²) in [5.41, 5.74) is 0. The van der Waals surface area contributed by atoms with Gasteiger partial charge in [0, 0.05) is 0 Å². The van der Waals surface area contributed by atoms with Gasteiger partial charge in [-0.1, -0.05) is 0 Å². The molecule has 0 saturated heterocycles. The van der Waals surface area contributed by atoms with E-state index in [9.17, 15) is 0 Å². The Morgan fingerprint density at radius 1 is 0.875 bits per heavy atom. The fourth-order valence-corrected chi connectivity index (χ4v) is 0.321. The molecule has 0 aromatic heterocycles. The zero-order chi connectivity index (χ0) is 12.7. The zero-order valence-corrected chi connectivity index (χ0v) is 11.8. The van der Waals surface area contributed by atoms with E-state index >= 15 is 0 Å². The maximum atomic E-state index is 7.50. The van der Waals surface area contributed by atoms with Crippen molar-refractivity contribution in [2.75, 3.05) is 0 Å². The molecule has 1 aliphatic carbocycles. The number of hydrogen-bond donors (Lipinski definition) is 0. The third-order valence-corrected chi connectivity index (χ3v) is 1.85. The first-order valence-electron chi connectivity index (χ1n) is 4.07. The van der Waals surface area contributed by atoms with Crippen molar-refractivity contribution in [1.82, 2.24) is 0 Å². The van der Waals surface area contributed by atoms with Crippen LogP contribution in [0.2, 0.25) is 19.6 Å². The van der Waals surface area contributed by atoms with Crippen molar-refractivity contribution >= 4 is 8.32 Å². The maximum Gasteiger partial charge on any atom is 2.00 e. The van der Waals surface area contributed by atoms with E-state index in [2.05, 4.69) is 40.1 Å². The number of rotatable bonds is 1. The minimum absolute atomic E-state index is 0. The molecule has 1 aliphatic rings. The van der Waals surface area contributed by atoms with Crippen molar-refractivity contribution in [3.8, 4) is 0 Å². The first-order valence-corrected chi connectivity index (χ1v) is 7.48. The van der Waals surface area contributed by atoms with Gasteiger partial charge in [0.05, 0.1) is 0 Å². The summed E-state index contributed by atoms with van der Waals surface area (Å²) in [5, 5.41) is 0. The fourth-order valence-electron chi connectivity index (χ4n) is 0.321. The van der Waals surface area contributed by atoms with Crippen molar-refractivity contribution in [3.63, 3.8) is 0 Å². The van der Waals surface area contributed by atoms with Crippen LogP contribution in [0.25, 0.3) is 0 Å². The molecule has 1 fully saturated rings. The third-order valence-electron chi connectivity index (χ3n) is 0.989. The van der Waals surface area contributed by atoms with E-state index in [4.69, 9.17) is 13.7 Å². The molecule has 0 atom stereocenters. The van der Waals surface area contributed by atoms with Gasteiger partial charge in [0.2, 0.25) is 0 Å². The Kier molecular flexibility index (Phi) is 32.3. The Morgan fingerprint density at radius 2 is 1.00 bits per heavy atom. The van der Waals surface area contributed by atoms with E-state index in [-0.39, 0.29) is 17.1 Å². The zero-order valence-electron chi connectivity index (χ0n) is 9.67. The van der Waals surface area contributed by atoms with E-state index in [0.29, 0.717) is 0 Å². The molecule has 0 bridgehead atoms. The van der Waals surface area contributed by atoms with Gasteiger partial charge in [-0.2, -0.15) is 0 Å². The van der Waals surface area contributed by atoms with Gasteiger partial charge in [0.15, 0.2) is 0 Å². The Hall–Kier alpha value is 0.176. The summed E-state index contributed by atoms with van der Waals surface area (Å²) in [5.74, 6) is 0. The minimum atomic E-state index is -1.24. The first kappa shape index (κ1) is 25.1. The molecule has 0 spiro atoms. The topological polar surface area (TPSA) is 49.0 Å². The molecule has 1 saturated carbocycles. The average molecular weight is 280 g/mol. The van der Waals surface area contributed by atoms with Gasteiger partial charge < -0.3 is 4.43 Å². The summed E-state index contributed by atoms with van der Waals surface area (Å²) in [7, 11) is 2.08. The Morgan fingerprint density at radius 3 is 1.06 bits per heavy atom. The first-order chi connectivity index (χ1) is 7.06. The maximum absolute atomic E-state index is 7.50. The molecule has 89 valence electrons. The minimum Gasteiger partial charge on any atom is -0.596 e. The smallest absolute Gasteiger partial charge is 0.596 e. The van der Waals surface area contributed by atoms with Crippen LogP contribution in [0.15, 0.2) is 0 Å². The second kappa shape index (κ2) is 20.6. The molecule has 5 radical (unpaired) electrons. The molecule has 0 aromatic carbocycles. The standard InChI is InChI=1S/C5H5.C4H11OSi.2CO.Fe/c1-2-4-5-3-1;1-5-6(2,3)4;2*1-2;/h1-5H;1H2,2-4H3;;;/q;-1;;;+2. The van der Waals surface area contributed by atoms with Crippen LogP contribution in [0, 0.1) is 52.5 Å². The normalized spacial score (nSPS) is 12.2. The molecule has 0 heterocycles. The van der Waals surface area contributed by atoms with Crippen molar-refractivity contribution in [1.29, 1.82) is 0 Å². The second-order valence-corrected chi connectivity index (χ2v) is 7.73. The molecule has 1 rings (SSSR count). The molecule has 0 amide bonds. The molecule has 0 aliphatic heterocycles. The van der Waals surface area contributed by atoms with E-state index in [1.807, 2.05) is 32.1 Å². The van der Waals surface area contributed by atoms with Gasteiger partial charge >= 0.3 is 39.7 Å². The van der Waals surface area contributed by atoms with Gasteiger partial charge in [0.1, 0.15) is 8.32 Å². The van der Waals surface area contributed by atoms with Crippen molar-refractivity contribution < 1.29 is 30.8 Å². The summed E-state index contributed by atoms with van der Waals surface area (Å²) in [4.78, 5) is 0. The van der Waals surface area contributed by atoms with Crippen molar-refractivity contribution in [2.24, 2.45) is 0 Å². The second-order valence-electron chi connectivity index (χ2n) is 3.22. The molecular weight excluding hydrogens is 264 g/mol. The summed E-state index contributed by atoms with van der Waals surface area (Å²) in [6, 6.07) is 0. The van der Waals surface area contributed by atoms with Crippen molar-refractivity contribution in [3.05, 3.63) is 52.5 Å². The monoisotopic (exact) mass is 280 g/mol. The van der Waals surface area contributed by atoms with E-state index < -0.39 is 8.32 Å². The Bertz CT molecular complexity index is 135. The molecule has 0 unspecified atom stereocenters. The molecule has 5 heteroatoms. The largest absolute Gasteiger partial charge is 2.00 e. The average Bonchev–Trinajstić information content (AvgIpc) is 2.81. The van der Waals surface area contributed by atoms with Gasteiger partial charge in [-0.3, -0.25) is 0 Å². The predicted molar refractivity (Wildman–Crippen MR) is 59.1 cm³/mol. The summed E-state index contributed by atoms with van der Waals surface area (Å²) < 4.78 is 19.8. The molecule has 0 N–H and O–H groups in total. The molecule has 16 heavy (non-hydrogen) atoms. The van der Waals surface area contributed by atoms with Crippen LogP contribution in [-0.4, -0.2) is 8.32 Å². The fraction of sp³-hybridized carbons (Fsp3) is 0.273. The quantitative estimate of drug-likeness (QED) is 0.413. The molecule has 3 nitrogen and oxygen atoms in total. The van der Waals surface area contributed by atoms with Gasteiger partial charge in [-0.05, 0) is 51.7 Å². The summed E-state index contributed by atoms with van der Waals surface area (Å²) >= 11 is 0. The van der Waals surface area contributed by atoms with Crippen LogP contribution in [-0.2, 0) is 30.8 Å². The SMILES string of the molecule is [C-]#[O+].[C-]#[O+].[CH2-]O[Si](C)(C)C.[CH]1[CH][CH][CH][CH]1.[Fe+2]. The summed E-state index contributed by atoms with van der Waals surface area (Å²) in [6.45, 7) is 15.3. The Balaban J connectivity index is -0.0000000658. The van der Waals surface area contributed by atoms with Gasteiger partial charge in [-0.15, -0.1) is 0 Å².